The van der Waals surface area contributed by atoms with E-state index in [9.17, 15) is 0 Å². The van der Waals surface area contributed by atoms with E-state index in [1.165, 1.54) is 5.56 Å². The highest BCUT2D eigenvalue weighted by Gasteiger charge is 2.20. The van der Waals surface area contributed by atoms with E-state index in [0.29, 0.717) is 6.04 Å². The van der Waals surface area contributed by atoms with Crippen LogP contribution in [-0.2, 0) is 11.3 Å². The average Bonchev–Trinajstić information content (AvgIpc) is 3.14. The first-order valence-electron chi connectivity index (χ1n) is 9.32. The second kappa shape index (κ2) is 9.12. The number of hydrogen-bond donors (Lipinski definition) is 2. The normalized spacial score (nSPS) is 15.5. The Kier molecular flexibility index (Phi) is 6.60. The Hall–Kier alpha value is -1.96. The van der Waals surface area contributed by atoms with E-state index in [0.717, 1.165) is 62.8 Å². The lowest BCUT2D eigenvalue weighted by molar-refractivity contribution is 0.0853. The van der Waals surface area contributed by atoms with Crippen molar-refractivity contribution in [2.75, 3.05) is 52.3 Å². The summed E-state index contributed by atoms with van der Waals surface area (Å²) in [6.07, 6.45) is 6.02. The van der Waals surface area contributed by atoms with E-state index in [4.69, 9.17) is 4.74 Å². The Morgan fingerprint density at radius 3 is 2.77 bits per heavy atom. The molecule has 26 heavy (non-hydrogen) atoms. The van der Waals surface area contributed by atoms with Gasteiger partial charge < -0.3 is 19.9 Å². The van der Waals surface area contributed by atoms with Gasteiger partial charge in [0.15, 0.2) is 0 Å². The summed E-state index contributed by atoms with van der Waals surface area (Å²) in [5, 5.41) is 10.6. The van der Waals surface area contributed by atoms with Gasteiger partial charge in [0.05, 0.1) is 5.69 Å². The minimum absolute atomic E-state index is 0.504. The molecule has 2 aromatic heterocycles. The van der Waals surface area contributed by atoms with Crippen LogP contribution in [0.25, 0.3) is 11.3 Å². The summed E-state index contributed by atoms with van der Waals surface area (Å²) in [5.41, 5.74) is 3.22. The maximum atomic E-state index is 5.46. The quantitative estimate of drug-likeness (QED) is 0.749. The van der Waals surface area contributed by atoms with Crippen LogP contribution in [0, 0.1) is 0 Å². The molecule has 0 aliphatic carbocycles. The Morgan fingerprint density at radius 1 is 1.27 bits per heavy atom. The molecule has 1 aliphatic rings. The number of aromatic amines is 1. The van der Waals surface area contributed by atoms with Crippen LogP contribution in [0.1, 0.15) is 18.4 Å². The zero-order chi connectivity index (χ0) is 18.4. The molecule has 7 heteroatoms. The maximum absolute atomic E-state index is 5.46. The van der Waals surface area contributed by atoms with Crippen molar-refractivity contribution in [1.82, 2.24) is 25.4 Å². The van der Waals surface area contributed by atoms with E-state index in [1.54, 1.807) is 0 Å². The van der Waals surface area contributed by atoms with Gasteiger partial charge >= 0.3 is 0 Å². The molecule has 0 unspecified atom stereocenters. The number of pyridine rings is 1. The van der Waals surface area contributed by atoms with E-state index in [1.807, 2.05) is 19.4 Å². The van der Waals surface area contributed by atoms with Gasteiger partial charge in [-0.25, -0.2) is 4.98 Å². The molecule has 0 amide bonds. The molecule has 0 aromatic carbocycles. The minimum atomic E-state index is 0.504. The first kappa shape index (κ1) is 18.8. The number of hydrogen-bond acceptors (Lipinski definition) is 6. The van der Waals surface area contributed by atoms with Crippen LogP contribution in [0.2, 0.25) is 0 Å². The molecule has 2 N–H and O–H groups in total. The minimum Gasteiger partial charge on any atom is -0.381 e. The standard InChI is InChI=1S/C19H30N6O/c1-20-8-9-24(2)14-16-13-22-23-19(16)15-4-5-18(21-12-15)25(3)17-6-10-26-11-7-17/h4-5,12-13,17,20H,6-11,14H2,1-3H3,(H,22,23). The predicted octanol–water partition coefficient (Wildman–Crippen LogP) is 1.74. The Balaban J connectivity index is 1.68. The van der Waals surface area contributed by atoms with Crippen LogP contribution in [0.15, 0.2) is 24.5 Å². The van der Waals surface area contributed by atoms with Crippen molar-refractivity contribution >= 4 is 5.82 Å². The highest BCUT2D eigenvalue weighted by atomic mass is 16.5. The number of H-pyrrole nitrogens is 1. The predicted molar refractivity (Wildman–Crippen MR) is 104 cm³/mol. The topological polar surface area (TPSA) is 69.3 Å². The van der Waals surface area contributed by atoms with Crippen LogP contribution < -0.4 is 10.2 Å². The zero-order valence-electron chi connectivity index (χ0n) is 16.0. The molecular formula is C19H30N6O. The first-order valence-corrected chi connectivity index (χ1v) is 9.32. The molecule has 3 rings (SSSR count). The Morgan fingerprint density at radius 2 is 2.08 bits per heavy atom. The Labute approximate surface area is 155 Å². The van der Waals surface area contributed by atoms with Crippen LogP contribution in [-0.4, -0.2) is 73.6 Å². The average molecular weight is 358 g/mol. The van der Waals surface area contributed by atoms with Gasteiger partial charge in [0.25, 0.3) is 0 Å². The molecule has 2 aromatic rings. The van der Waals surface area contributed by atoms with Crippen molar-refractivity contribution in [1.29, 1.82) is 0 Å². The number of likely N-dealkylation sites (N-methyl/N-ethyl adjacent to an activating group) is 2. The van der Waals surface area contributed by atoms with Gasteiger partial charge in [-0.2, -0.15) is 5.10 Å². The van der Waals surface area contributed by atoms with Crippen molar-refractivity contribution in [3.05, 3.63) is 30.1 Å². The lowest BCUT2D eigenvalue weighted by Crippen LogP contribution is -2.37. The lowest BCUT2D eigenvalue weighted by Gasteiger charge is -2.32. The second-order valence-electron chi connectivity index (χ2n) is 6.96. The van der Waals surface area contributed by atoms with Gasteiger partial charge in [0, 0.05) is 69.5 Å². The fraction of sp³-hybridized carbons (Fsp3) is 0.579. The van der Waals surface area contributed by atoms with Crippen molar-refractivity contribution in [2.24, 2.45) is 0 Å². The van der Waals surface area contributed by atoms with Crippen LogP contribution in [0.4, 0.5) is 5.82 Å². The number of nitrogens with one attached hydrogen (secondary N) is 2. The third kappa shape index (κ3) is 4.60. The molecule has 0 radical (unpaired) electrons. The molecule has 3 heterocycles. The number of rotatable bonds is 8. The summed E-state index contributed by atoms with van der Waals surface area (Å²) in [4.78, 5) is 9.24. The molecule has 0 spiro atoms. The van der Waals surface area contributed by atoms with Gasteiger partial charge in [0.2, 0.25) is 0 Å². The summed E-state index contributed by atoms with van der Waals surface area (Å²) < 4.78 is 5.46. The molecule has 0 bridgehead atoms. The van der Waals surface area contributed by atoms with Crippen LogP contribution >= 0.6 is 0 Å². The molecule has 0 atom stereocenters. The lowest BCUT2D eigenvalue weighted by atomic mass is 10.1. The van der Waals surface area contributed by atoms with E-state index in [2.05, 4.69) is 56.5 Å². The number of ether oxygens (including phenoxy) is 1. The summed E-state index contributed by atoms with van der Waals surface area (Å²) >= 11 is 0. The molecule has 1 aliphatic heterocycles. The number of nitrogens with zero attached hydrogens (tertiary/aromatic N) is 4. The molecular weight excluding hydrogens is 328 g/mol. The SMILES string of the molecule is CNCCN(C)Cc1c[nH]nc1-c1ccc(N(C)C2CCOCC2)nc1. The molecule has 142 valence electrons. The zero-order valence-corrected chi connectivity index (χ0v) is 16.0. The fourth-order valence-corrected chi connectivity index (χ4v) is 3.35. The van der Waals surface area contributed by atoms with Gasteiger partial charge in [-0.3, -0.25) is 5.10 Å². The third-order valence-electron chi connectivity index (χ3n) is 5.02. The number of anilines is 1. The van der Waals surface area contributed by atoms with Gasteiger partial charge in [-0.05, 0) is 39.1 Å². The molecule has 1 saturated heterocycles. The monoisotopic (exact) mass is 358 g/mol. The highest BCUT2D eigenvalue weighted by molar-refractivity contribution is 5.63. The van der Waals surface area contributed by atoms with E-state index in [-0.39, 0.29) is 0 Å². The van der Waals surface area contributed by atoms with Crippen LogP contribution in [0.5, 0.6) is 0 Å². The first-order chi connectivity index (χ1) is 12.7. The van der Waals surface area contributed by atoms with Crippen LogP contribution in [0.3, 0.4) is 0 Å². The second-order valence-corrected chi connectivity index (χ2v) is 6.96. The smallest absolute Gasteiger partial charge is 0.128 e. The third-order valence-corrected chi connectivity index (χ3v) is 5.02. The van der Waals surface area contributed by atoms with E-state index < -0.39 is 0 Å². The fourth-order valence-electron chi connectivity index (χ4n) is 3.35. The summed E-state index contributed by atoms with van der Waals surface area (Å²) in [6, 6.07) is 4.71. The van der Waals surface area contributed by atoms with Gasteiger partial charge in [-0.1, -0.05) is 0 Å². The molecule has 7 nitrogen and oxygen atoms in total. The summed E-state index contributed by atoms with van der Waals surface area (Å²) in [5.74, 6) is 1.00. The van der Waals surface area contributed by atoms with Crippen molar-refractivity contribution in [3.8, 4) is 11.3 Å². The number of aromatic nitrogens is 3. The van der Waals surface area contributed by atoms with Crippen molar-refractivity contribution in [3.63, 3.8) is 0 Å². The Bertz CT molecular complexity index is 665. The van der Waals surface area contributed by atoms with Crippen molar-refractivity contribution < 1.29 is 4.74 Å². The molecule has 1 fully saturated rings. The highest BCUT2D eigenvalue weighted by Crippen LogP contribution is 2.25. The maximum Gasteiger partial charge on any atom is 0.128 e. The van der Waals surface area contributed by atoms with E-state index >= 15 is 0 Å². The van der Waals surface area contributed by atoms with Gasteiger partial charge in [-0.15, -0.1) is 0 Å². The largest absolute Gasteiger partial charge is 0.381 e. The molecule has 0 saturated carbocycles. The summed E-state index contributed by atoms with van der Waals surface area (Å²) in [7, 11) is 6.22. The summed E-state index contributed by atoms with van der Waals surface area (Å²) in [6.45, 7) is 4.50. The van der Waals surface area contributed by atoms with Crippen molar-refractivity contribution in [2.45, 2.75) is 25.4 Å². The van der Waals surface area contributed by atoms with Gasteiger partial charge in [0.1, 0.15) is 5.82 Å².